The van der Waals surface area contributed by atoms with Crippen LogP contribution in [0.3, 0.4) is 0 Å². The molecule has 0 spiro atoms. The average molecular weight is 391 g/mol. The van der Waals surface area contributed by atoms with Gasteiger partial charge in [0.2, 0.25) is 15.9 Å². The van der Waals surface area contributed by atoms with Crippen LogP contribution in [0.1, 0.15) is 12.8 Å². The van der Waals surface area contributed by atoms with Crippen LogP contribution in [0.15, 0.2) is 41.3 Å². The Morgan fingerprint density at radius 3 is 2.70 bits per heavy atom. The predicted octanol–water partition coefficient (Wildman–Crippen LogP) is 1.32. The van der Waals surface area contributed by atoms with Crippen LogP contribution in [-0.4, -0.2) is 51.9 Å². The number of sulfonamides is 1. The van der Waals surface area contributed by atoms with Gasteiger partial charge in [0.05, 0.1) is 17.9 Å². The van der Waals surface area contributed by atoms with Crippen molar-refractivity contribution in [1.29, 1.82) is 0 Å². The third-order valence-corrected chi connectivity index (χ3v) is 6.80. The summed E-state index contributed by atoms with van der Waals surface area (Å²) >= 11 is 0. The Kier molecular flexibility index (Phi) is 5.98. The summed E-state index contributed by atoms with van der Waals surface area (Å²) in [6, 6.07) is 10.5. The highest BCUT2D eigenvalue weighted by molar-refractivity contribution is 7.89. The SMILES string of the molecule is COc1ccc(S(=O)(=O)N2CCCC(C(=O)NCCN)C2)c2ccccc12. The van der Waals surface area contributed by atoms with Gasteiger partial charge in [-0.1, -0.05) is 24.3 Å². The highest BCUT2D eigenvalue weighted by Crippen LogP contribution is 2.33. The fourth-order valence-electron chi connectivity index (χ4n) is 3.50. The van der Waals surface area contributed by atoms with Crippen LogP contribution in [0.4, 0.5) is 0 Å². The first-order chi connectivity index (χ1) is 13.0. The van der Waals surface area contributed by atoms with E-state index in [0.717, 1.165) is 5.39 Å². The third kappa shape index (κ3) is 3.92. The number of nitrogens with zero attached hydrogens (tertiary/aromatic N) is 1. The minimum Gasteiger partial charge on any atom is -0.496 e. The zero-order chi connectivity index (χ0) is 19.4. The lowest BCUT2D eigenvalue weighted by molar-refractivity contribution is -0.126. The van der Waals surface area contributed by atoms with E-state index in [2.05, 4.69) is 5.32 Å². The lowest BCUT2D eigenvalue weighted by atomic mass is 9.99. The van der Waals surface area contributed by atoms with Crippen LogP contribution >= 0.6 is 0 Å². The van der Waals surface area contributed by atoms with Crippen LogP contribution in [0, 0.1) is 5.92 Å². The number of piperidine rings is 1. The number of fused-ring (bicyclic) bond motifs is 1. The Morgan fingerprint density at radius 1 is 1.26 bits per heavy atom. The standard InChI is InChI=1S/C19H25N3O4S/c1-26-17-8-9-18(16-7-3-2-6-15(16)17)27(24,25)22-12-4-5-14(13-22)19(23)21-11-10-20/h2-3,6-9,14H,4-5,10-13,20H2,1H3,(H,21,23). The molecule has 0 radical (unpaired) electrons. The molecule has 1 aliphatic rings. The normalized spacial score (nSPS) is 18.4. The number of nitrogens with one attached hydrogen (secondary N) is 1. The van der Waals surface area contributed by atoms with E-state index in [1.165, 1.54) is 4.31 Å². The molecule has 2 aromatic carbocycles. The first-order valence-corrected chi connectivity index (χ1v) is 10.5. The molecule has 1 saturated heterocycles. The van der Waals surface area contributed by atoms with Gasteiger partial charge in [0.15, 0.2) is 0 Å². The van der Waals surface area contributed by atoms with Crippen LogP contribution in [0.2, 0.25) is 0 Å². The molecule has 7 nitrogen and oxygen atoms in total. The van der Waals surface area contributed by atoms with Gasteiger partial charge in [0, 0.05) is 37.0 Å². The molecule has 1 unspecified atom stereocenters. The minimum absolute atomic E-state index is 0.139. The van der Waals surface area contributed by atoms with Crippen molar-refractivity contribution < 1.29 is 17.9 Å². The van der Waals surface area contributed by atoms with E-state index in [0.29, 0.717) is 43.6 Å². The zero-order valence-electron chi connectivity index (χ0n) is 15.3. The van der Waals surface area contributed by atoms with Gasteiger partial charge in [0.1, 0.15) is 5.75 Å². The van der Waals surface area contributed by atoms with Crippen molar-refractivity contribution in [2.24, 2.45) is 11.7 Å². The molecular weight excluding hydrogens is 366 g/mol. The lowest BCUT2D eigenvalue weighted by Gasteiger charge is -2.31. The summed E-state index contributed by atoms with van der Waals surface area (Å²) in [5, 5.41) is 4.12. The van der Waals surface area contributed by atoms with E-state index in [1.54, 1.807) is 31.4 Å². The summed E-state index contributed by atoms with van der Waals surface area (Å²) in [6.07, 6.45) is 1.32. The van der Waals surface area contributed by atoms with Crippen molar-refractivity contribution in [2.75, 3.05) is 33.3 Å². The summed E-state index contributed by atoms with van der Waals surface area (Å²) in [4.78, 5) is 12.5. The molecule has 27 heavy (non-hydrogen) atoms. The molecule has 146 valence electrons. The fraction of sp³-hybridized carbons (Fsp3) is 0.421. The summed E-state index contributed by atoms with van der Waals surface area (Å²) < 4.78 is 33.4. The number of benzene rings is 2. The Hall–Kier alpha value is -2.16. The largest absolute Gasteiger partial charge is 0.496 e. The van der Waals surface area contributed by atoms with Crippen LogP contribution in [0.5, 0.6) is 5.75 Å². The van der Waals surface area contributed by atoms with Crippen molar-refractivity contribution in [2.45, 2.75) is 17.7 Å². The Bertz CT molecular complexity index is 930. The second-order valence-electron chi connectivity index (χ2n) is 6.59. The van der Waals surface area contributed by atoms with Crippen LogP contribution in [-0.2, 0) is 14.8 Å². The number of ether oxygens (including phenoxy) is 1. The molecule has 8 heteroatoms. The zero-order valence-corrected chi connectivity index (χ0v) is 16.2. The molecule has 1 fully saturated rings. The van der Waals surface area contributed by atoms with Crippen molar-refractivity contribution >= 4 is 26.7 Å². The molecule has 1 heterocycles. The second kappa shape index (κ2) is 8.24. The van der Waals surface area contributed by atoms with Gasteiger partial charge < -0.3 is 15.8 Å². The average Bonchev–Trinajstić information content (AvgIpc) is 2.71. The molecule has 1 aliphatic heterocycles. The Labute approximate surface area is 159 Å². The number of carbonyl (C=O) groups is 1. The molecule has 0 aromatic heterocycles. The first-order valence-electron chi connectivity index (χ1n) is 9.02. The fourth-order valence-corrected chi connectivity index (χ4v) is 5.22. The molecule has 1 atom stereocenters. The van der Waals surface area contributed by atoms with Gasteiger partial charge in [-0.3, -0.25) is 4.79 Å². The summed E-state index contributed by atoms with van der Waals surface area (Å²) in [6.45, 7) is 1.34. The number of rotatable bonds is 6. The highest BCUT2D eigenvalue weighted by Gasteiger charge is 2.34. The van der Waals surface area contributed by atoms with E-state index in [4.69, 9.17) is 10.5 Å². The molecule has 1 amide bonds. The number of hydrogen-bond donors (Lipinski definition) is 2. The minimum atomic E-state index is -3.73. The van der Waals surface area contributed by atoms with E-state index >= 15 is 0 Å². The molecule has 0 saturated carbocycles. The number of carbonyl (C=O) groups excluding carboxylic acids is 1. The van der Waals surface area contributed by atoms with Crippen molar-refractivity contribution in [3.63, 3.8) is 0 Å². The summed E-state index contributed by atoms with van der Waals surface area (Å²) in [7, 11) is -2.17. The highest BCUT2D eigenvalue weighted by atomic mass is 32.2. The van der Waals surface area contributed by atoms with Gasteiger partial charge >= 0.3 is 0 Å². The van der Waals surface area contributed by atoms with Crippen molar-refractivity contribution in [3.05, 3.63) is 36.4 Å². The predicted molar refractivity (Wildman–Crippen MR) is 104 cm³/mol. The lowest BCUT2D eigenvalue weighted by Crippen LogP contribution is -2.46. The third-order valence-electron chi connectivity index (χ3n) is 4.88. The second-order valence-corrected chi connectivity index (χ2v) is 8.50. The van der Waals surface area contributed by atoms with Crippen molar-refractivity contribution in [1.82, 2.24) is 9.62 Å². The molecule has 0 aliphatic carbocycles. The van der Waals surface area contributed by atoms with E-state index in [-0.39, 0.29) is 23.3 Å². The molecule has 0 bridgehead atoms. The topological polar surface area (TPSA) is 102 Å². The molecule has 3 rings (SSSR count). The number of methoxy groups -OCH3 is 1. The van der Waals surface area contributed by atoms with E-state index in [9.17, 15) is 13.2 Å². The molecular formula is C19H25N3O4S. The first kappa shape index (κ1) is 19.6. The number of amides is 1. The van der Waals surface area contributed by atoms with Gasteiger partial charge in [0.25, 0.3) is 0 Å². The molecule has 2 aromatic rings. The monoisotopic (exact) mass is 391 g/mol. The number of hydrogen-bond acceptors (Lipinski definition) is 5. The van der Waals surface area contributed by atoms with Gasteiger partial charge in [-0.2, -0.15) is 4.31 Å². The van der Waals surface area contributed by atoms with E-state index < -0.39 is 10.0 Å². The van der Waals surface area contributed by atoms with E-state index in [1.807, 2.05) is 12.1 Å². The maximum atomic E-state index is 13.3. The van der Waals surface area contributed by atoms with Gasteiger partial charge in [-0.15, -0.1) is 0 Å². The smallest absolute Gasteiger partial charge is 0.243 e. The summed E-state index contributed by atoms with van der Waals surface area (Å²) in [5.74, 6) is 0.131. The van der Waals surface area contributed by atoms with Gasteiger partial charge in [-0.25, -0.2) is 8.42 Å². The Morgan fingerprint density at radius 2 is 2.00 bits per heavy atom. The Balaban J connectivity index is 1.93. The van der Waals surface area contributed by atoms with Crippen molar-refractivity contribution in [3.8, 4) is 5.75 Å². The van der Waals surface area contributed by atoms with Crippen LogP contribution in [0.25, 0.3) is 10.8 Å². The summed E-state index contributed by atoms with van der Waals surface area (Å²) in [5.41, 5.74) is 5.42. The molecule has 3 N–H and O–H groups in total. The van der Waals surface area contributed by atoms with Gasteiger partial charge in [-0.05, 0) is 25.0 Å². The number of nitrogens with two attached hydrogens (primary N) is 1. The maximum Gasteiger partial charge on any atom is 0.243 e. The van der Waals surface area contributed by atoms with Crippen LogP contribution < -0.4 is 15.8 Å². The quantitative estimate of drug-likeness (QED) is 0.773. The maximum absolute atomic E-state index is 13.3.